The van der Waals surface area contributed by atoms with Crippen LogP contribution < -0.4 is 22.1 Å². The highest BCUT2D eigenvalue weighted by atomic mass is 16.4. The maximum Gasteiger partial charge on any atom is 0.326 e. The van der Waals surface area contributed by atoms with Crippen molar-refractivity contribution < 1.29 is 39.0 Å². The molecular weight excluding hydrogens is 390 g/mol. The highest BCUT2D eigenvalue weighted by Crippen LogP contribution is 2.18. The van der Waals surface area contributed by atoms with Crippen LogP contribution in [0.25, 0.3) is 0 Å². The average molecular weight is 415 g/mol. The summed E-state index contributed by atoms with van der Waals surface area (Å²) >= 11 is 0. The number of carboxylic acids is 2. The Labute approximate surface area is 165 Å². The third kappa shape index (κ3) is 7.73. The number of amides is 4. The first-order chi connectivity index (χ1) is 13.5. The molecule has 0 bridgehead atoms. The maximum absolute atomic E-state index is 12.3. The summed E-state index contributed by atoms with van der Waals surface area (Å²) in [6.45, 7) is -0.298. The molecule has 1 heterocycles. The van der Waals surface area contributed by atoms with Crippen LogP contribution in [-0.2, 0) is 28.8 Å². The van der Waals surface area contributed by atoms with Gasteiger partial charge in [0.2, 0.25) is 23.6 Å². The van der Waals surface area contributed by atoms with E-state index in [4.69, 9.17) is 21.7 Å². The molecule has 0 aromatic rings. The topological polar surface area (TPSA) is 222 Å². The summed E-state index contributed by atoms with van der Waals surface area (Å²) in [7, 11) is 0. The van der Waals surface area contributed by atoms with Gasteiger partial charge in [0.25, 0.3) is 0 Å². The molecule has 0 aromatic carbocycles. The molecule has 29 heavy (non-hydrogen) atoms. The lowest BCUT2D eigenvalue weighted by molar-refractivity contribution is -0.143. The molecule has 162 valence electrons. The Morgan fingerprint density at radius 2 is 1.79 bits per heavy atom. The molecule has 8 N–H and O–H groups in total. The zero-order valence-electron chi connectivity index (χ0n) is 15.6. The molecule has 1 fully saturated rings. The second-order valence-corrected chi connectivity index (χ2v) is 6.58. The SMILES string of the molecule is NC(=O)CC(N)C(=O)N1CCCC1C(=O)NCC(=O)NC(CCC(=O)O)C(=O)O. The molecule has 13 heteroatoms. The van der Waals surface area contributed by atoms with E-state index in [1.54, 1.807) is 0 Å². The van der Waals surface area contributed by atoms with Gasteiger partial charge in [-0.25, -0.2) is 4.79 Å². The van der Waals surface area contributed by atoms with Gasteiger partial charge in [0, 0.05) is 13.0 Å². The molecular formula is C16H25N5O8. The van der Waals surface area contributed by atoms with Gasteiger partial charge in [-0.3, -0.25) is 24.0 Å². The first kappa shape index (κ1) is 23.8. The zero-order chi connectivity index (χ0) is 22.1. The Bertz CT molecular complexity index is 682. The van der Waals surface area contributed by atoms with E-state index < -0.39 is 66.7 Å². The van der Waals surface area contributed by atoms with Crippen molar-refractivity contribution in [3.63, 3.8) is 0 Å². The van der Waals surface area contributed by atoms with Crippen LogP contribution in [-0.4, -0.2) is 81.9 Å². The summed E-state index contributed by atoms with van der Waals surface area (Å²) in [4.78, 5) is 70.3. The molecule has 3 atom stereocenters. The van der Waals surface area contributed by atoms with Crippen LogP contribution in [0.5, 0.6) is 0 Å². The molecule has 0 aromatic heterocycles. The molecule has 0 radical (unpaired) electrons. The van der Waals surface area contributed by atoms with Crippen molar-refractivity contribution in [2.45, 2.75) is 50.2 Å². The van der Waals surface area contributed by atoms with Crippen molar-refractivity contribution >= 4 is 35.6 Å². The van der Waals surface area contributed by atoms with Crippen LogP contribution in [0.2, 0.25) is 0 Å². The molecule has 3 unspecified atom stereocenters. The van der Waals surface area contributed by atoms with E-state index in [9.17, 15) is 28.8 Å². The number of carbonyl (C=O) groups is 6. The lowest BCUT2D eigenvalue weighted by Crippen LogP contribution is -2.53. The smallest absolute Gasteiger partial charge is 0.326 e. The predicted octanol–water partition coefficient (Wildman–Crippen LogP) is -3.27. The first-order valence-electron chi connectivity index (χ1n) is 8.89. The van der Waals surface area contributed by atoms with Crippen LogP contribution in [0.3, 0.4) is 0 Å². The quantitative estimate of drug-likeness (QED) is 0.199. The van der Waals surface area contributed by atoms with Crippen molar-refractivity contribution in [1.29, 1.82) is 0 Å². The molecule has 13 nitrogen and oxygen atoms in total. The Morgan fingerprint density at radius 3 is 2.34 bits per heavy atom. The molecule has 0 spiro atoms. The summed E-state index contributed by atoms with van der Waals surface area (Å²) in [5.41, 5.74) is 10.6. The second-order valence-electron chi connectivity index (χ2n) is 6.58. The number of hydrogen-bond acceptors (Lipinski definition) is 7. The summed E-state index contributed by atoms with van der Waals surface area (Å²) in [5, 5.41) is 22.0. The van der Waals surface area contributed by atoms with Crippen molar-refractivity contribution in [2.75, 3.05) is 13.1 Å². The maximum atomic E-state index is 12.3. The fourth-order valence-corrected chi connectivity index (χ4v) is 2.88. The van der Waals surface area contributed by atoms with Gasteiger partial charge in [-0.15, -0.1) is 0 Å². The van der Waals surface area contributed by atoms with Gasteiger partial charge >= 0.3 is 11.9 Å². The van der Waals surface area contributed by atoms with E-state index in [2.05, 4.69) is 10.6 Å². The van der Waals surface area contributed by atoms with E-state index in [-0.39, 0.29) is 19.4 Å². The van der Waals surface area contributed by atoms with Gasteiger partial charge in [-0.2, -0.15) is 0 Å². The van der Waals surface area contributed by atoms with Gasteiger partial charge in [-0.1, -0.05) is 0 Å². The van der Waals surface area contributed by atoms with Crippen molar-refractivity contribution in [3.8, 4) is 0 Å². The van der Waals surface area contributed by atoms with Crippen molar-refractivity contribution in [2.24, 2.45) is 11.5 Å². The average Bonchev–Trinajstić information content (AvgIpc) is 3.11. The summed E-state index contributed by atoms with van der Waals surface area (Å²) < 4.78 is 0. The lowest BCUT2D eigenvalue weighted by Gasteiger charge is -2.26. The van der Waals surface area contributed by atoms with Gasteiger partial charge in [0.1, 0.15) is 12.1 Å². The lowest BCUT2D eigenvalue weighted by atomic mass is 10.1. The number of nitrogens with zero attached hydrogens (tertiary/aromatic N) is 1. The Hall–Kier alpha value is -3.22. The van der Waals surface area contributed by atoms with Gasteiger partial charge in [-0.05, 0) is 19.3 Å². The Morgan fingerprint density at radius 1 is 1.14 bits per heavy atom. The minimum absolute atomic E-state index is 0.256. The molecule has 0 aliphatic carbocycles. The number of aliphatic carboxylic acids is 2. The Kier molecular flexibility index (Phi) is 8.99. The highest BCUT2D eigenvalue weighted by Gasteiger charge is 2.36. The van der Waals surface area contributed by atoms with Gasteiger partial charge < -0.3 is 37.2 Å². The first-order valence-corrected chi connectivity index (χ1v) is 8.89. The normalized spacial score (nSPS) is 17.8. The molecule has 1 saturated heterocycles. The number of carboxylic acid groups (broad SMARTS) is 2. The molecule has 0 saturated carbocycles. The summed E-state index contributed by atoms with van der Waals surface area (Å²) in [6.07, 6.45) is -0.269. The monoisotopic (exact) mass is 415 g/mol. The fourth-order valence-electron chi connectivity index (χ4n) is 2.88. The number of nitrogens with one attached hydrogen (secondary N) is 2. The van der Waals surface area contributed by atoms with Crippen LogP contribution in [0.1, 0.15) is 32.1 Å². The number of rotatable bonds is 11. The third-order valence-corrected chi connectivity index (χ3v) is 4.28. The van der Waals surface area contributed by atoms with E-state index >= 15 is 0 Å². The van der Waals surface area contributed by atoms with Gasteiger partial charge in [0.05, 0.1) is 19.0 Å². The Balaban J connectivity index is 2.58. The van der Waals surface area contributed by atoms with Crippen molar-refractivity contribution in [1.82, 2.24) is 15.5 Å². The molecule has 1 aliphatic rings. The van der Waals surface area contributed by atoms with Crippen molar-refractivity contribution in [3.05, 3.63) is 0 Å². The predicted molar refractivity (Wildman–Crippen MR) is 96.0 cm³/mol. The molecule has 4 amide bonds. The largest absolute Gasteiger partial charge is 0.481 e. The van der Waals surface area contributed by atoms with E-state index in [0.29, 0.717) is 12.8 Å². The zero-order valence-corrected chi connectivity index (χ0v) is 15.6. The van der Waals surface area contributed by atoms with E-state index in [1.807, 2.05) is 0 Å². The minimum Gasteiger partial charge on any atom is -0.481 e. The van der Waals surface area contributed by atoms with Crippen LogP contribution in [0.4, 0.5) is 0 Å². The number of carbonyl (C=O) groups excluding carboxylic acids is 4. The second kappa shape index (κ2) is 10.9. The number of likely N-dealkylation sites (tertiary alicyclic amines) is 1. The van der Waals surface area contributed by atoms with Crippen LogP contribution in [0, 0.1) is 0 Å². The van der Waals surface area contributed by atoms with E-state index in [1.165, 1.54) is 4.90 Å². The molecule has 1 rings (SSSR count). The summed E-state index contributed by atoms with van der Waals surface area (Å²) in [6, 6.07) is -3.46. The number of hydrogen-bond donors (Lipinski definition) is 6. The minimum atomic E-state index is -1.41. The fraction of sp³-hybridized carbons (Fsp3) is 0.625. The van der Waals surface area contributed by atoms with Crippen LogP contribution >= 0.6 is 0 Å². The highest BCUT2D eigenvalue weighted by molar-refractivity contribution is 5.94. The standard InChI is InChI=1S/C16H25N5O8/c17-8(6-11(18)22)15(27)21-5-1-2-10(21)14(26)19-7-12(23)20-9(16(28)29)3-4-13(24)25/h8-10H,1-7,17H2,(H2,18,22)(H,19,26)(H,20,23)(H,24,25)(H,28,29). The van der Waals surface area contributed by atoms with Gasteiger partial charge in [0.15, 0.2) is 0 Å². The number of primary amides is 1. The van der Waals surface area contributed by atoms with E-state index in [0.717, 1.165) is 0 Å². The summed E-state index contributed by atoms with van der Waals surface area (Å²) in [5.74, 6) is -5.42. The molecule has 1 aliphatic heterocycles. The third-order valence-electron chi connectivity index (χ3n) is 4.28. The number of nitrogens with two attached hydrogens (primary N) is 2. The van der Waals surface area contributed by atoms with Crippen LogP contribution in [0.15, 0.2) is 0 Å².